The third kappa shape index (κ3) is 3.89. The fraction of sp³-hybridized carbons (Fsp3) is 0.0476. The van der Waals surface area contributed by atoms with Gasteiger partial charge in [0.05, 0.1) is 0 Å². The fourth-order valence-electron chi connectivity index (χ4n) is 7.39. The second-order valence-corrected chi connectivity index (χ2v) is 12.7. The highest BCUT2D eigenvalue weighted by Gasteiger charge is 2.36. The van der Waals surface area contributed by atoms with Crippen molar-refractivity contribution < 1.29 is 0 Å². The first-order valence-corrected chi connectivity index (χ1v) is 15.8. The molecule has 9 rings (SSSR count). The quantitative estimate of drug-likeness (QED) is 0.200. The second kappa shape index (κ2) is 9.80. The van der Waals surface area contributed by atoms with Gasteiger partial charge in [-0.1, -0.05) is 140 Å². The third-order valence-electron chi connectivity index (χ3n) is 9.30. The smallest absolute Gasteiger partial charge is 0.0358 e. The van der Waals surface area contributed by atoms with Gasteiger partial charge in [-0.2, -0.15) is 0 Å². The predicted molar refractivity (Wildman–Crippen MR) is 185 cm³/mol. The van der Waals surface area contributed by atoms with E-state index >= 15 is 0 Å². The first-order valence-electron chi connectivity index (χ1n) is 15.0. The van der Waals surface area contributed by atoms with E-state index in [9.17, 15) is 0 Å². The van der Waals surface area contributed by atoms with Crippen LogP contribution in [0.4, 0.5) is 0 Å². The van der Waals surface area contributed by atoms with Gasteiger partial charge in [0.2, 0.25) is 0 Å². The highest BCUT2D eigenvalue weighted by atomic mass is 32.1. The van der Waals surface area contributed by atoms with E-state index in [1.807, 2.05) is 11.3 Å². The molecule has 0 saturated carbocycles. The molecule has 0 spiro atoms. The molecule has 7 aromatic rings. The Labute approximate surface area is 255 Å². The lowest BCUT2D eigenvalue weighted by Gasteiger charge is -2.37. The third-order valence-corrected chi connectivity index (χ3v) is 10.4. The molecule has 202 valence electrons. The van der Waals surface area contributed by atoms with Crippen molar-refractivity contribution in [1.29, 1.82) is 0 Å². The van der Waals surface area contributed by atoms with Crippen LogP contribution in [0, 0.1) is 5.92 Å². The Bertz CT molecular complexity index is 2290. The van der Waals surface area contributed by atoms with Crippen molar-refractivity contribution in [2.24, 2.45) is 5.92 Å². The minimum absolute atomic E-state index is 0.245. The zero-order valence-electron chi connectivity index (χ0n) is 23.6. The molecular weight excluding hydrogens is 537 g/mol. The monoisotopic (exact) mass is 564 g/mol. The number of hydrogen-bond donors (Lipinski definition) is 0. The molecule has 1 aromatic heterocycles. The summed E-state index contributed by atoms with van der Waals surface area (Å²) < 4.78 is 2.73. The molecule has 0 nitrogen and oxygen atoms in total. The van der Waals surface area contributed by atoms with Crippen LogP contribution in [0.2, 0.25) is 0 Å². The summed E-state index contributed by atoms with van der Waals surface area (Å²) >= 11 is 1.90. The average Bonchev–Trinajstić information content (AvgIpc) is 3.46. The van der Waals surface area contributed by atoms with Gasteiger partial charge in [0, 0.05) is 32.0 Å². The first kappa shape index (κ1) is 24.6. The SMILES string of the molecule is C1=CC2=C(c3ccc(-c4ccc5ccccc5c4)cc3)c3ccccc3C(c3cccc4sc5ccccc5c34)C2C=C1. The van der Waals surface area contributed by atoms with Gasteiger partial charge in [0.1, 0.15) is 0 Å². The van der Waals surface area contributed by atoms with E-state index < -0.39 is 0 Å². The lowest BCUT2D eigenvalue weighted by molar-refractivity contribution is 0.653. The molecule has 0 radical (unpaired) electrons. The van der Waals surface area contributed by atoms with Crippen LogP contribution in [0.5, 0.6) is 0 Å². The number of allylic oxidation sites excluding steroid dienone is 5. The van der Waals surface area contributed by atoms with Crippen LogP contribution < -0.4 is 0 Å². The van der Waals surface area contributed by atoms with Crippen molar-refractivity contribution in [2.45, 2.75) is 5.92 Å². The number of benzene rings is 6. The number of hydrogen-bond acceptors (Lipinski definition) is 1. The van der Waals surface area contributed by atoms with Crippen LogP contribution in [0.25, 0.3) is 47.6 Å². The van der Waals surface area contributed by atoms with E-state index in [-0.39, 0.29) is 11.8 Å². The molecule has 43 heavy (non-hydrogen) atoms. The summed E-state index contributed by atoms with van der Waals surface area (Å²) in [5, 5.41) is 5.33. The van der Waals surface area contributed by atoms with Crippen molar-refractivity contribution in [3.8, 4) is 11.1 Å². The molecular formula is C42H28S. The van der Waals surface area contributed by atoms with E-state index in [1.165, 1.54) is 75.5 Å². The molecule has 2 atom stereocenters. The Morgan fingerprint density at radius 1 is 0.512 bits per heavy atom. The van der Waals surface area contributed by atoms with Crippen molar-refractivity contribution >= 4 is 47.9 Å². The summed E-state index contributed by atoms with van der Waals surface area (Å²) in [5.41, 5.74) is 10.7. The molecule has 2 aliphatic rings. The van der Waals surface area contributed by atoms with Crippen molar-refractivity contribution in [2.75, 3.05) is 0 Å². The van der Waals surface area contributed by atoms with Crippen molar-refractivity contribution in [3.63, 3.8) is 0 Å². The second-order valence-electron chi connectivity index (χ2n) is 11.6. The highest BCUT2D eigenvalue weighted by molar-refractivity contribution is 7.25. The van der Waals surface area contributed by atoms with Gasteiger partial charge in [-0.25, -0.2) is 0 Å². The molecule has 0 N–H and O–H groups in total. The Morgan fingerprint density at radius 3 is 2.16 bits per heavy atom. The van der Waals surface area contributed by atoms with Gasteiger partial charge in [0.25, 0.3) is 0 Å². The number of fused-ring (bicyclic) bond motifs is 6. The summed E-state index contributed by atoms with van der Waals surface area (Å²) in [6.07, 6.45) is 9.22. The maximum atomic E-state index is 2.42. The molecule has 1 heterocycles. The Morgan fingerprint density at radius 2 is 1.23 bits per heavy atom. The van der Waals surface area contributed by atoms with Gasteiger partial charge in [-0.3, -0.25) is 0 Å². The number of rotatable bonds is 3. The van der Waals surface area contributed by atoms with Crippen molar-refractivity contribution in [1.82, 2.24) is 0 Å². The van der Waals surface area contributed by atoms with E-state index in [0.717, 1.165) is 0 Å². The maximum Gasteiger partial charge on any atom is 0.0358 e. The molecule has 6 aromatic carbocycles. The van der Waals surface area contributed by atoms with Crippen LogP contribution >= 0.6 is 11.3 Å². The van der Waals surface area contributed by atoms with E-state index in [4.69, 9.17) is 0 Å². The highest BCUT2D eigenvalue weighted by Crippen LogP contribution is 2.52. The van der Waals surface area contributed by atoms with Crippen LogP contribution in [0.3, 0.4) is 0 Å². The fourth-order valence-corrected chi connectivity index (χ4v) is 8.53. The Hall–Kier alpha value is -4.98. The molecule has 0 fully saturated rings. The summed E-state index contributed by atoms with van der Waals surface area (Å²) in [6, 6.07) is 49.4. The number of thiophene rings is 1. The molecule has 0 amide bonds. The van der Waals surface area contributed by atoms with Crippen LogP contribution in [-0.2, 0) is 0 Å². The first-order chi connectivity index (χ1) is 21.3. The molecule has 0 bridgehead atoms. The lowest BCUT2D eigenvalue weighted by atomic mass is 9.66. The van der Waals surface area contributed by atoms with Crippen LogP contribution in [0.1, 0.15) is 28.2 Å². The van der Waals surface area contributed by atoms with E-state index in [0.29, 0.717) is 0 Å². The molecule has 0 saturated heterocycles. The topological polar surface area (TPSA) is 0 Å². The normalized spacial score (nSPS) is 17.5. The Balaban J connectivity index is 1.21. The van der Waals surface area contributed by atoms with E-state index in [1.54, 1.807) is 0 Å². The zero-order valence-corrected chi connectivity index (χ0v) is 24.4. The molecule has 2 aliphatic carbocycles. The van der Waals surface area contributed by atoms with Gasteiger partial charge >= 0.3 is 0 Å². The zero-order chi connectivity index (χ0) is 28.3. The minimum atomic E-state index is 0.245. The maximum absolute atomic E-state index is 2.42. The lowest BCUT2D eigenvalue weighted by Crippen LogP contribution is -2.23. The molecule has 0 aliphatic heterocycles. The summed E-state index contributed by atoms with van der Waals surface area (Å²) in [5.74, 6) is 0.508. The Kier molecular flexibility index (Phi) is 5.61. The van der Waals surface area contributed by atoms with E-state index in [2.05, 4.69) is 158 Å². The molecule has 2 unspecified atom stereocenters. The van der Waals surface area contributed by atoms with Crippen LogP contribution in [0.15, 0.2) is 163 Å². The van der Waals surface area contributed by atoms with Crippen molar-refractivity contribution in [3.05, 3.63) is 186 Å². The largest absolute Gasteiger partial charge is 0.135 e. The van der Waals surface area contributed by atoms with Crippen LogP contribution in [-0.4, -0.2) is 0 Å². The molecule has 1 heteroatoms. The van der Waals surface area contributed by atoms with Gasteiger partial charge < -0.3 is 0 Å². The minimum Gasteiger partial charge on any atom is -0.135 e. The van der Waals surface area contributed by atoms with Gasteiger partial charge in [-0.05, 0) is 73.5 Å². The average molecular weight is 565 g/mol. The summed E-state index contributed by atoms with van der Waals surface area (Å²) in [4.78, 5) is 0. The van der Waals surface area contributed by atoms with Gasteiger partial charge in [-0.15, -0.1) is 11.3 Å². The predicted octanol–water partition coefficient (Wildman–Crippen LogP) is 11.6. The summed E-state index contributed by atoms with van der Waals surface area (Å²) in [6.45, 7) is 0. The summed E-state index contributed by atoms with van der Waals surface area (Å²) in [7, 11) is 0. The standard InChI is InChI=1S/C42H28S/c1-2-11-30-26-31(25-22-27(30)10-1)28-20-23-29(24-21-28)40-32-12-3-5-14-34(32)41(35-15-6-4-13-33(35)40)37-17-9-19-39-42(37)36-16-7-8-18-38(36)43-39/h1-26,34,41H. The van der Waals surface area contributed by atoms with Gasteiger partial charge in [0.15, 0.2) is 0 Å².